The number of aldehydes is 1. The summed E-state index contributed by atoms with van der Waals surface area (Å²) in [5, 5.41) is 6.82. The van der Waals surface area contributed by atoms with Gasteiger partial charge in [0.2, 0.25) is 11.8 Å². The van der Waals surface area contributed by atoms with Crippen LogP contribution in [0, 0.1) is 0 Å². The first kappa shape index (κ1) is 11.6. The largest absolute Gasteiger partial charge is 0.355 e. The van der Waals surface area contributed by atoms with E-state index in [4.69, 9.17) is 4.52 Å². The van der Waals surface area contributed by atoms with Gasteiger partial charge in [-0.05, 0) is 18.6 Å². The number of piperidine rings is 1. The number of nitrogens with zero attached hydrogens (tertiary/aromatic N) is 1. The summed E-state index contributed by atoms with van der Waals surface area (Å²) in [5.74, 6) is -1.16. The Kier molecular flexibility index (Phi) is 2.63. The van der Waals surface area contributed by atoms with Crippen LogP contribution in [0.25, 0.3) is 11.0 Å². The van der Waals surface area contributed by atoms with Crippen molar-refractivity contribution in [2.24, 2.45) is 0 Å². The number of amides is 2. The quantitative estimate of drug-likeness (QED) is 0.645. The van der Waals surface area contributed by atoms with Crippen LogP contribution in [-0.2, 0) is 9.59 Å². The summed E-state index contributed by atoms with van der Waals surface area (Å²) in [6, 6.07) is 5.07. The van der Waals surface area contributed by atoms with Crippen molar-refractivity contribution in [2.45, 2.75) is 18.8 Å². The van der Waals surface area contributed by atoms with Crippen LogP contribution < -0.4 is 5.32 Å². The van der Waals surface area contributed by atoms with E-state index in [1.54, 1.807) is 18.2 Å². The van der Waals surface area contributed by atoms with Gasteiger partial charge in [0.1, 0.15) is 5.69 Å². The molecule has 2 heterocycles. The average molecular weight is 258 g/mol. The molecule has 0 saturated carbocycles. The molecule has 1 aromatic heterocycles. The molecule has 1 saturated heterocycles. The van der Waals surface area contributed by atoms with Crippen molar-refractivity contribution < 1.29 is 18.9 Å². The topological polar surface area (TPSA) is 89.3 Å². The van der Waals surface area contributed by atoms with E-state index in [1.165, 1.54) is 0 Å². The molecule has 6 heteroatoms. The van der Waals surface area contributed by atoms with Crippen molar-refractivity contribution in [3.05, 3.63) is 29.5 Å². The summed E-state index contributed by atoms with van der Waals surface area (Å²) in [5.41, 5.74) is 1.24. The summed E-state index contributed by atoms with van der Waals surface area (Å²) in [6.45, 7) is 0. The predicted molar refractivity (Wildman–Crippen MR) is 64.5 cm³/mol. The number of rotatable bonds is 2. The number of carbonyl (C=O) groups is 3. The molecular weight excluding hydrogens is 248 g/mol. The third-order valence-corrected chi connectivity index (χ3v) is 3.25. The van der Waals surface area contributed by atoms with Gasteiger partial charge in [0.25, 0.3) is 0 Å². The standard InChI is InChI=1S/C13H10N2O4/c16-6-7-2-1-3-8-11(15-19-12(7)8)9-4-5-10(17)14-13(9)18/h1-3,6,9H,4-5H2,(H,14,17,18). The molecule has 0 spiro atoms. The number of hydrogen-bond acceptors (Lipinski definition) is 5. The number of nitrogens with one attached hydrogen (secondary N) is 1. The Morgan fingerprint density at radius 3 is 2.95 bits per heavy atom. The molecule has 96 valence electrons. The average Bonchev–Trinajstić information content (AvgIpc) is 2.82. The first-order valence-corrected chi connectivity index (χ1v) is 5.88. The van der Waals surface area contributed by atoms with Crippen molar-refractivity contribution >= 4 is 29.1 Å². The van der Waals surface area contributed by atoms with E-state index in [2.05, 4.69) is 10.5 Å². The fraction of sp³-hybridized carbons (Fsp3) is 0.231. The summed E-state index contributed by atoms with van der Waals surface area (Å²) in [6.07, 6.45) is 1.36. The summed E-state index contributed by atoms with van der Waals surface area (Å²) in [4.78, 5) is 33.9. The van der Waals surface area contributed by atoms with Crippen molar-refractivity contribution in [1.29, 1.82) is 0 Å². The second-order valence-corrected chi connectivity index (χ2v) is 4.41. The zero-order chi connectivity index (χ0) is 13.4. The Balaban J connectivity index is 2.09. The summed E-state index contributed by atoms with van der Waals surface area (Å²) < 4.78 is 5.15. The van der Waals surface area contributed by atoms with Gasteiger partial charge in [-0.2, -0.15) is 0 Å². The number of para-hydroxylation sites is 1. The monoisotopic (exact) mass is 258 g/mol. The molecule has 1 unspecified atom stereocenters. The lowest BCUT2D eigenvalue weighted by Gasteiger charge is -2.18. The Labute approximate surface area is 107 Å². The highest BCUT2D eigenvalue weighted by atomic mass is 16.5. The molecule has 0 radical (unpaired) electrons. The number of benzene rings is 1. The Bertz CT molecular complexity index is 689. The van der Waals surface area contributed by atoms with Crippen LogP contribution >= 0.6 is 0 Å². The third kappa shape index (κ3) is 1.81. The Morgan fingerprint density at radius 1 is 1.37 bits per heavy atom. The fourth-order valence-electron chi connectivity index (χ4n) is 2.30. The molecule has 1 fully saturated rings. The van der Waals surface area contributed by atoms with Crippen molar-refractivity contribution in [1.82, 2.24) is 10.5 Å². The van der Waals surface area contributed by atoms with Gasteiger partial charge in [-0.25, -0.2) is 0 Å². The zero-order valence-corrected chi connectivity index (χ0v) is 9.88. The van der Waals surface area contributed by atoms with Gasteiger partial charge in [-0.3, -0.25) is 19.7 Å². The highest BCUT2D eigenvalue weighted by Crippen LogP contribution is 2.31. The third-order valence-electron chi connectivity index (χ3n) is 3.25. The smallest absolute Gasteiger partial charge is 0.235 e. The molecule has 6 nitrogen and oxygen atoms in total. The van der Waals surface area contributed by atoms with E-state index in [0.29, 0.717) is 34.9 Å². The molecule has 1 aliphatic heterocycles. The molecule has 1 aromatic carbocycles. The maximum atomic E-state index is 11.8. The maximum Gasteiger partial charge on any atom is 0.235 e. The van der Waals surface area contributed by atoms with Crippen LogP contribution in [0.5, 0.6) is 0 Å². The van der Waals surface area contributed by atoms with Gasteiger partial charge >= 0.3 is 0 Å². The lowest BCUT2D eigenvalue weighted by molar-refractivity contribution is -0.134. The molecule has 1 aliphatic rings. The molecule has 0 aliphatic carbocycles. The van der Waals surface area contributed by atoms with Crippen LogP contribution in [0.15, 0.2) is 22.7 Å². The molecule has 1 atom stereocenters. The van der Waals surface area contributed by atoms with Crippen molar-refractivity contribution in [3.63, 3.8) is 0 Å². The van der Waals surface area contributed by atoms with Gasteiger partial charge in [0.05, 0.1) is 11.5 Å². The number of aromatic nitrogens is 1. The lowest BCUT2D eigenvalue weighted by Crippen LogP contribution is -2.39. The second kappa shape index (κ2) is 4.31. The number of imide groups is 1. The molecule has 19 heavy (non-hydrogen) atoms. The van der Waals surface area contributed by atoms with E-state index in [0.717, 1.165) is 0 Å². The summed E-state index contributed by atoms with van der Waals surface area (Å²) in [7, 11) is 0. The minimum absolute atomic E-state index is 0.275. The minimum Gasteiger partial charge on any atom is -0.355 e. The van der Waals surface area contributed by atoms with Gasteiger partial charge < -0.3 is 4.52 Å². The Hall–Kier alpha value is -2.50. The van der Waals surface area contributed by atoms with E-state index in [9.17, 15) is 14.4 Å². The number of fused-ring (bicyclic) bond motifs is 1. The molecular formula is C13H10N2O4. The maximum absolute atomic E-state index is 11.8. The van der Waals surface area contributed by atoms with Gasteiger partial charge in [0.15, 0.2) is 11.9 Å². The molecule has 2 aromatic rings. The fourth-order valence-corrected chi connectivity index (χ4v) is 2.30. The van der Waals surface area contributed by atoms with Crippen molar-refractivity contribution in [2.75, 3.05) is 0 Å². The Morgan fingerprint density at radius 2 is 2.21 bits per heavy atom. The number of hydrogen-bond donors (Lipinski definition) is 1. The first-order chi connectivity index (χ1) is 9.20. The lowest BCUT2D eigenvalue weighted by atomic mass is 9.92. The van der Waals surface area contributed by atoms with Crippen LogP contribution in [0.1, 0.15) is 34.8 Å². The summed E-state index contributed by atoms with van der Waals surface area (Å²) >= 11 is 0. The van der Waals surface area contributed by atoms with Gasteiger partial charge in [0, 0.05) is 11.8 Å². The van der Waals surface area contributed by atoms with E-state index < -0.39 is 5.92 Å². The highest BCUT2D eigenvalue weighted by molar-refractivity contribution is 6.03. The van der Waals surface area contributed by atoms with E-state index >= 15 is 0 Å². The molecule has 1 N–H and O–H groups in total. The molecule has 3 rings (SSSR count). The van der Waals surface area contributed by atoms with Crippen LogP contribution in [0.2, 0.25) is 0 Å². The van der Waals surface area contributed by atoms with E-state index in [-0.39, 0.29) is 18.2 Å². The highest BCUT2D eigenvalue weighted by Gasteiger charge is 2.32. The van der Waals surface area contributed by atoms with Gasteiger partial charge in [-0.1, -0.05) is 11.2 Å². The minimum atomic E-state index is -0.513. The first-order valence-electron chi connectivity index (χ1n) is 5.88. The van der Waals surface area contributed by atoms with Gasteiger partial charge in [-0.15, -0.1) is 0 Å². The SMILES string of the molecule is O=Cc1cccc2c(C3CCC(=O)NC3=O)noc12. The molecule has 0 bridgehead atoms. The molecule has 2 amide bonds. The normalized spacial score (nSPS) is 19.5. The van der Waals surface area contributed by atoms with E-state index in [1.807, 2.05) is 0 Å². The van der Waals surface area contributed by atoms with Crippen LogP contribution in [-0.4, -0.2) is 23.3 Å². The van der Waals surface area contributed by atoms with Crippen LogP contribution in [0.3, 0.4) is 0 Å². The predicted octanol–water partition coefficient (Wildman–Crippen LogP) is 1.16. The van der Waals surface area contributed by atoms with Crippen LogP contribution in [0.4, 0.5) is 0 Å². The van der Waals surface area contributed by atoms with Crippen molar-refractivity contribution in [3.8, 4) is 0 Å². The number of carbonyl (C=O) groups excluding carboxylic acids is 3. The zero-order valence-electron chi connectivity index (χ0n) is 9.88. The second-order valence-electron chi connectivity index (χ2n) is 4.41.